The lowest BCUT2D eigenvalue weighted by Crippen LogP contribution is -2.40. The summed E-state index contributed by atoms with van der Waals surface area (Å²) < 4.78 is 0. The molecule has 4 nitrogen and oxygen atoms in total. The highest BCUT2D eigenvalue weighted by atomic mass is 15.2. The maximum Gasteiger partial charge on any atom is 0.129 e. The molecular formula is C14H24N4. The molecule has 1 atom stereocenters. The number of rotatable bonds is 4. The number of hydrogen-bond acceptors (Lipinski definition) is 4. The number of anilines is 1. The van der Waals surface area contributed by atoms with Crippen LogP contribution in [0.3, 0.4) is 0 Å². The zero-order valence-electron chi connectivity index (χ0n) is 11.7. The quantitative estimate of drug-likeness (QED) is 0.889. The monoisotopic (exact) mass is 248 g/mol. The van der Waals surface area contributed by atoms with Crippen LogP contribution in [0.4, 0.5) is 5.82 Å². The summed E-state index contributed by atoms with van der Waals surface area (Å²) in [5.41, 5.74) is 1.10. The maximum absolute atomic E-state index is 4.29. The maximum atomic E-state index is 4.29. The van der Waals surface area contributed by atoms with Crippen molar-refractivity contribution in [3.05, 3.63) is 18.1 Å². The van der Waals surface area contributed by atoms with Gasteiger partial charge in [0.2, 0.25) is 0 Å². The van der Waals surface area contributed by atoms with E-state index in [4.69, 9.17) is 0 Å². The average Bonchev–Trinajstić information content (AvgIpc) is 2.38. The van der Waals surface area contributed by atoms with Crippen molar-refractivity contribution in [3.8, 4) is 0 Å². The molecule has 0 aliphatic carbocycles. The van der Waals surface area contributed by atoms with Gasteiger partial charge in [-0.3, -0.25) is 0 Å². The van der Waals surface area contributed by atoms with Gasteiger partial charge >= 0.3 is 0 Å². The minimum Gasteiger partial charge on any atom is -0.368 e. The van der Waals surface area contributed by atoms with Gasteiger partial charge < -0.3 is 10.2 Å². The third-order valence-electron chi connectivity index (χ3n) is 3.72. The number of likely N-dealkylation sites (tertiary alicyclic amines) is 1. The molecule has 18 heavy (non-hydrogen) atoms. The van der Waals surface area contributed by atoms with Crippen molar-refractivity contribution in [2.75, 3.05) is 25.5 Å². The molecule has 0 aromatic carbocycles. The van der Waals surface area contributed by atoms with Crippen molar-refractivity contribution in [2.45, 2.75) is 45.1 Å². The van der Waals surface area contributed by atoms with Crippen LogP contribution in [0, 0.1) is 0 Å². The highest BCUT2D eigenvalue weighted by Gasteiger charge is 2.18. The van der Waals surface area contributed by atoms with Crippen LogP contribution < -0.4 is 5.32 Å². The van der Waals surface area contributed by atoms with Gasteiger partial charge in [-0.15, -0.1) is 0 Å². The molecule has 1 saturated heterocycles. The molecule has 1 fully saturated rings. The van der Waals surface area contributed by atoms with Crippen LogP contribution in [0.25, 0.3) is 0 Å². The van der Waals surface area contributed by atoms with E-state index in [2.05, 4.69) is 47.1 Å². The molecule has 2 rings (SSSR count). The summed E-state index contributed by atoms with van der Waals surface area (Å²) in [5.74, 6) is 1.40. The highest BCUT2D eigenvalue weighted by molar-refractivity contribution is 5.35. The van der Waals surface area contributed by atoms with Crippen molar-refractivity contribution < 1.29 is 0 Å². The summed E-state index contributed by atoms with van der Waals surface area (Å²) >= 11 is 0. The van der Waals surface area contributed by atoms with Crippen molar-refractivity contribution in [1.82, 2.24) is 14.9 Å². The van der Waals surface area contributed by atoms with E-state index >= 15 is 0 Å². The largest absolute Gasteiger partial charge is 0.368 e. The number of nitrogens with one attached hydrogen (secondary N) is 1. The zero-order chi connectivity index (χ0) is 13.0. The standard InChI is InChI=1S/C14H24N4/c1-11(2)13-8-14(17-10-16-13)15-9-12-6-4-5-7-18(12)3/h8,10-12H,4-7,9H2,1-3H3,(H,15,16,17). The summed E-state index contributed by atoms with van der Waals surface area (Å²) in [7, 11) is 2.21. The molecule has 1 aromatic rings. The van der Waals surface area contributed by atoms with Gasteiger partial charge in [0.25, 0.3) is 0 Å². The van der Waals surface area contributed by atoms with Gasteiger partial charge in [-0.25, -0.2) is 9.97 Å². The first-order valence-corrected chi connectivity index (χ1v) is 6.93. The predicted molar refractivity (Wildman–Crippen MR) is 74.9 cm³/mol. The summed E-state index contributed by atoms with van der Waals surface area (Å²) in [4.78, 5) is 11.0. The molecule has 4 heteroatoms. The van der Waals surface area contributed by atoms with Crippen LogP contribution in [-0.2, 0) is 0 Å². The Morgan fingerprint density at radius 2 is 2.22 bits per heavy atom. The van der Waals surface area contributed by atoms with Crippen molar-refractivity contribution in [2.24, 2.45) is 0 Å². The Morgan fingerprint density at radius 1 is 1.39 bits per heavy atom. The molecule has 0 amide bonds. The van der Waals surface area contributed by atoms with Gasteiger partial charge in [0.1, 0.15) is 12.1 Å². The van der Waals surface area contributed by atoms with Crippen LogP contribution in [0.15, 0.2) is 12.4 Å². The molecule has 1 aliphatic rings. The van der Waals surface area contributed by atoms with Gasteiger partial charge in [0.15, 0.2) is 0 Å². The number of hydrogen-bond donors (Lipinski definition) is 1. The minimum absolute atomic E-state index is 0.450. The van der Waals surface area contributed by atoms with E-state index in [1.807, 2.05) is 0 Å². The van der Waals surface area contributed by atoms with Gasteiger partial charge in [-0.05, 0) is 32.4 Å². The molecule has 0 spiro atoms. The Bertz CT molecular complexity index is 378. The number of piperidine rings is 1. The summed E-state index contributed by atoms with van der Waals surface area (Å²) in [5, 5.41) is 3.45. The molecule has 1 aromatic heterocycles. The van der Waals surface area contributed by atoms with Crippen LogP contribution in [0.1, 0.15) is 44.7 Å². The number of nitrogens with zero attached hydrogens (tertiary/aromatic N) is 3. The molecular weight excluding hydrogens is 224 g/mol. The summed E-state index contributed by atoms with van der Waals surface area (Å²) in [6.07, 6.45) is 5.61. The second-order valence-corrected chi connectivity index (χ2v) is 5.49. The first-order chi connectivity index (χ1) is 8.66. The van der Waals surface area contributed by atoms with Crippen molar-refractivity contribution in [1.29, 1.82) is 0 Å². The fourth-order valence-corrected chi connectivity index (χ4v) is 2.41. The Labute approximate surface area is 110 Å². The lowest BCUT2D eigenvalue weighted by molar-refractivity contribution is 0.194. The highest BCUT2D eigenvalue weighted by Crippen LogP contribution is 2.17. The van der Waals surface area contributed by atoms with Crippen LogP contribution in [0.5, 0.6) is 0 Å². The molecule has 0 saturated carbocycles. The minimum atomic E-state index is 0.450. The molecule has 2 heterocycles. The van der Waals surface area contributed by atoms with Crippen molar-refractivity contribution >= 4 is 5.82 Å². The molecule has 0 radical (unpaired) electrons. The van der Waals surface area contributed by atoms with Gasteiger partial charge in [0, 0.05) is 24.3 Å². The fourth-order valence-electron chi connectivity index (χ4n) is 2.41. The third-order valence-corrected chi connectivity index (χ3v) is 3.72. The van der Waals surface area contributed by atoms with E-state index in [1.54, 1.807) is 6.33 Å². The first-order valence-electron chi connectivity index (χ1n) is 6.93. The Morgan fingerprint density at radius 3 is 2.94 bits per heavy atom. The normalized spacial score (nSPS) is 21.2. The summed E-state index contributed by atoms with van der Waals surface area (Å²) in [6, 6.07) is 2.70. The first kappa shape index (κ1) is 13.3. The van der Waals surface area contributed by atoms with E-state index in [9.17, 15) is 0 Å². The zero-order valence-corrected chi connectivity index (χ0v) is 11.7. The number of likely N-dealkylation sites (N-methyl/N-ethyl adjacent to an activating group) is 1. The number of aromatic nitrogens is 2. The van der Waals surface area contributed by atoms with E-state index in [0.717, 1.165) is 18.1 Å². The van der Waals surface area contributed by atoms with E-state index < -0.39 is 0 Å². The smallest absolute Gasteiger partial charge is 0.129 e. The van der Waals surface area contributed by atoms with Crippen LogP contribution in [0.2, 0.25) is 0 Å². The second-order valence-electron chi connectivity index (χ2n) is 5.49. The second kappa shape index (κ2) is 6.14. The molecule has 1 unspecified atom stereocenters. The Kier molecular flexibility index (Phi) is 4.53. The molecule has 1 N–H and O–H groups in total. The Balaban J connectivity index is 1.91. The SMILES string of the molecule is CC(C)c1cc(NCC2CCCCN2C)ncn1. The lowest BCUT2D eigenvalue weighted by atomic mass is 10.0. The molecule has 0 bridgehead atoms. The van der Waals surface area contributed by atoms with Crippen LogP contribution in [-0.4, -0.2) is 41.0 Å². The Hall–Kier alpha value is -1.16. The van der Waals surface area contributed by atoms with Gasteiger partial charge in [0.05, 0.1) is 0 Å². The van der Waals surface area contributed by atoms with Gasteiger partial charge in [-0.2, -0.15) is 0 Å². The van der Waals surface area contributed by atoms with E-state index in [1.165, 1.54) is 25.8 Å². The fraction of sp³-hybridized carbons (Fsp3) is 0.714. The molecule has 100 valence electrons. The van der Waals surface area contributed by atoms with Gasteiger partial charge in [-0.1, -0.05) is 20.3 Å². The topological polar surface area (TPSA) is 41.0 Å². The van der Waals surface area contributed by atoms with Crippen LogP contribution >= 0.6 is 0 Å². The molecule has 1 aliphatic heterocycles. The summed E-state index contributed by atoms with van der Waals surface area (Å²) in [6.45, 7) is 6.50. The van der Waals surface area contributed by atoms with Crippen molar-refractivity contribution in [3.63, 3.8) is 0 Å². The lowest BCUT2D eigenvalue weighted by Gasteiger charge is -2.32. The predicted octanol–water partition coefficient (Wildman–Crippen LogP) is 2.50. The third kappa shape index (κ3) is 3.42. The van der Waals surface area contributed by atoms with E-state index in [0.29, 0.717) is 12.0 Å². The average molecular weight is 248 g/mol. The van der Waals surface area contributed by atoms with E-state index in [-0.39, 0.29) is 0 Å².